The van der Waals surface area contributed by atoms with Gasteiger partial charge in [-0.25, -0.2) is 4.98 Å². The van der Waals surface area contributed by atoms with E-state index >= 15 is 0 Å². The molecule has 0 radical (unpaired) electrons. The number of hydrogen-bond donors (Lipinski definition) is 1. The first-order valence-corrected chi connectivity index (χ1v) is 10.1. The smallest absolute Gasteiger partial charge is 0.257 e. The van der Waals surface area contributed by atoms with Gasteiger partial charge in [0.15, 0.2) is 5.13 Å². The molecule has 1 amide bonds. The van der Waals surface area contributed by atoms with Gasteiger partial charge >= 0.3 is 0 Å². The zero-order valence-corrected chi connectivity index (χ0v) is 16.5. The molecule has 3 aromatic rings. The van der Waals surface area contributed by atoms with E-state index in [1.165, 1.54) is 16.9 Å². The van der Waals surface area contributed by atoms with Gasteiger partial charge in [-0.05, 0) is 41.8 Å². The average molecular weight is 371 g/mol. The third-order valence-electron chi connectivity index (χ3n) is 3.77. The maximum absolute atomic E-state index is 12.6. The van der Waals surface area contributed by atoms with Crippen molar-refractivity contribution in [1.29, 1.82) is 0 Å². The molecule has 1 heterocycles. The summed E-state index contributed by atoms with van der Waals surface area (Å²) in [6.07, 6.45) is 0. The first-order chi connectivity index (χ1) is 11.9. The SMILES string of the molecule is CC(C)Sc1cccc(C(=O)Nc2nc3ccc(C(C)C)cc3s2)c1. The summed E-state index contributed by atoms with van der Waals surface area (Å²) in [5.74, 6) is 0.361. The first-order valence-electron chi connectivity index (χ1n) is 8.41. The predicted octanol–water partition coefficient (Wildman–Crippen LogP) is 6.17. The number of nitrogens with zero attached hydrogens (tertiary/aromatic N) is 1. The number of carbonyl (C=O) groups is 1. The number of nitrogens with one attached hydrogen (secondary N) is 1. The van der Waals surface area contributed by atoms with Crippen molar-refractivity contribution in [3.8, 4) is 0 Å². The topological polar surface area (TPSA) is 42.0 Å². The Labute approximate surface area is 156 Å². The second-order valence-electron chi connectivity index (χ2n) is 6.55. The second kappa shape index (κ2) is 7.58. The number of benzene rings is 2. The fraction of sp³-hybridized carbons (Fsp3) is 0.300. The van der Waals surface area contributed by atoms with Crippen molar-refractivity contribution in [3.63, 3.8) is 0 Å². The monoisotopic (exact) mass is 370 g/mol. The summed E-state index contributed by atoms with van der Waals surface area (Å²) in [6, 6.07) is 14.0. The van der Waals surface area contributed by atoms with E-state index < -0.39 is 0 Å². The molecule has 3 nitrogen and oxygen atoms in total. The Hall–Kier alpha value is -1.85. The summed E-state index contributed by atoms with van der Waals surface area (Å²) in [4.78, 5) is 18.2. The van der Waals surface area contributed by atoms with Crippen LogP contribution in [-0.4, -0.2) is 16.1 Å². The van der Waals surface area contributed by atoms with Gasteiger partial charge in [0, 0.05) is 15.7 Å². The van der Waals surface area contributed by atoms with Crippen molar-refractivity contribution >= 4 is 44.4 Å². The number of thioether (sulfide) groups is 1. The molecule has 2 aromatic carbocycles. The molecule has 0 saturated carbocycles. The normalized spacial score (nSPS) is 11.4. The minimum atomic E-state index is -0.116. The van der Waals surface area contributed by atoms with E-state index in [1.807, 2.05) is 30.3 Å². The van der Waals surface area contributed by atoms with Gasteiger partial charge in [-0.1, -0.05) is 51.2 Å². The van der Waals surface area contributed by atoms with Gasteiger partial charge in [-0.3, -0.25) is 10.1 Å². The minimum absolute atomic E-state index is 0.116. The number of thiazole rings is 1. The first kappa shape index (κ1) is 18.0. The molecule has 0 atom stereocenters. The molecule has 5 heteroatoms. The van der Waals surface area contributed by atoms with Crippen LogP contribution in [0.25, 0.3) is 10.2 Å². The summed E-state index contributed by atoms with van der Waals surface area (Å²) in [5.41, 5.74) is 2.87. The molecular weight excluding hydrogens is 348 g/mol. The molecule has 1 N–H and O–H groups in total. The Morgan fingerprint density at radius 3 is 2.64 bits per heavy atom. The summed E-state index contributed by atoms with van der Waals surface area (Å²) in [6.45, 7) is 8.63. The fourth-order valence-corrected chi connectivity index (χ4v) is 4.31. The zero-order valence-electron chi connectivity index (χ0n) is 14.9. The van der Waals surface area contributed by atoms with Gasteiger partial charge < -0.3 is 0 Å². The predicted molar refractivity (Wildman–Crippen MR) is 109 cm³/mol. The maximum Gasteiger partial charge on any atom is 0.257 e. The Bertz CT molecular complexity index is 900. The molecule has 0 spiro atoms. The van der Waals surface area contributed by atoms with Crippen LogP contribution in [0.4, 0.5) is 5.13 Å². The van der Waals surface area contributed by atoms with Crippen molar-refractivity contribution in [2.75, 3.05) is 5.32 Å². The zero-order chi connectivity index (χ0) is 18.0. The van der Waals surface area contributed by atoms with Crippen LogP contribution in [0.1, 0.15) is 49.5 Å². The van der Waals surface area contributed by atoms with Gasteiger partial charge in [0.2, 0.25) is 0 Å². The van der Waals surface area contributed by atoms with Crippen LogP contribution >= 0.6 is 23.1 Å². The lowest BCUT2D eigenvalue weighted by atomic mass is 10.0. The number of hydrogen-bond acceptors (Lipinski definition) is 4. The molecule has 0 aliphatic carbocycles. The van der Waals surface area contributed by atoms with Gasteiger partial charge in [-0.15, -0.1) is 11.8 Å². The van der Waals surface area contributed by atoms with Crippen LogP contribution in [-0.2, 0) is 0 Å². The summed E-state index contributed by atoms with van der Waals surface area (Å²) < 4.78 is 1.10. The summed E-state index contributed by atoms with van der Waals surface area (Å²) in [5, 5.41) is 4.06. The standard InChI is InChI=1S/C20H22N2OS2/c1-12(2)14-8-9-17-18(11-14)25-20(21-17)22-19(23)15-6-5-7-16(10-15)24-13(3)4/h5-13H,1-4H3,(H,21,22,23). The Morgan fingerprint density at radius 1 is 1.12 bits per heavy atom. The van der Waals surface area contributed by atoms with Gasteiger partial charge in [-0.2, -0.15) is 0 Å². The molecule has 0 fully saturated rings. The van der Waals surface area contributed by atoms with Crippen molar-refractivity contribution in [2.24, 2.45) is 0 Å². The number of rotatable bonds is 5. The highest BCUT2D eigenvalue weighted by atomic mass is 32.2. The lowest BCUT2D eigenvalue weighted by Crippen LogP contribution is -2.11. The highest BCUT2D eigenvalue weighted by Crippen LogP contribution is 2.29. The average Bonchev–Trinajstić information content (AvgIpc) is 2.95. The number of fused-ring (bicyclic) bond motifs is 1. The Kier molecular flexibility index (Phi) is 5.45. The van der Waals surface area contributed by atoms with E-state index in [9.17, 15) is 4.79 Å². The van der Waals surface area contributed by atoms with Crippen LogP contribution in [0, 0.1) is 0 Å². The van der Waals surface area contributed by atoms with Gasteiger partial charge in [0.05, 0.1) is 10.2 Å². The molecule has 0 saturated heterocycles. The number of anilines is 1. The van der Waals surface area contributed by atoms with E-state index in [4.69, 9.17) is 0 Å². The van der Waals surface area contributed by atoms with Crippen molar-refractivity contribution in [1.82, 2.24) is 4.98 Å². The highest BCUT2D eigenvalue weighted by molar-refractivity contribution is 7.99. The van der Waals surface area contributed by atoms with Crippen molar-refractivity contribution in [3.05, 3.63) is 53.6 Å². The van der Waals surface area contributed by atoms with Gasteiger partial charge in [0.25, 0.3) is 5.91 Å². The van der Waals surface area contributed by atoms with Crippen molar-refractivity contribution < 1.29 is 4.79 Å². The van der Waals surface area contributed by atoms with Crippen LogP contribution < -0.4 is 5.32 Å². The molecule has 0 unspecified atom stereocenters. The lowest BCUT2D eigenvalue weighted by Gasteiger charge is -2.07. The Morgan fingerprint density at radius 2 is 1.92 bits per heavy atom. The van der Waals surface area contributed by atoms with Crippen LogP contribution in [0.3, 0.4) is 0 Å². The third-order valence-corrected chi connectivity index (χ3v) is 5.70. The van der Waals surface area contributed by atoms with Gasteiger partial charge in [0.1, 0.15) is 0 Å². The molecule has 1 aromatic heterocycles. The molecule has 130 valence electrons. The molecule has 0 aliphatic heterocycles. The van der Waals surface area contributed by atoms with E-state index in [2.05, 4.69) is 50.1 Å². The number of amides is 1. The van der Waals surface area contributed by atoms with Crippen LogP contribution in [0.2, 0.25) is 0 Å². The van der Waals surface area contributed by atoms with Crippen molar-refractivity contribution in [2.45, 2.75) is 43.8 Å². The largest absolute Gasteiger partial charge is 0.298 e. The molecule has 0 aliphatic rings. The van der Waals surface area contributed by atoms with Crippen LogP contribution in [0.15, 0.2) is 47.4 Å². The third kappa shape index (κ3) is 4.41. The highest BCUT2D eigenvalue weighted by Gasteiger charge is 2.12. The van der Waals surface area contributed by atoms with E-state index in [-0.39, 0.29) is 5.91 Å². The molecule has 3 rings (SSSR count). The quantitative estimate of drug-likeness (QED) is 0.546. The molecule has 25 heavy (non-hydrogen) atoms. The summed E-state index contributed by atoms with van der Waals surface area (Å²) in [7, 11) is 0. The Balaban J connectivity index is 1.80. The van der Waals surface area contributed by atoms with E-state index in [1.54, 1.807) is 11.8 Å². The number of carbonyl (C=O) groups excluding carboxylic acids is 1. The fourth-order valence-electron chi connectivity index (χ4n) is 2.51. The maximum atomic E-state index is 12.6. The lowest BCUT2D eigenvalue weighted by molar-refractivity contribution is 0.102. The van der Waals surface area contributed by atoms with E-state index in [0.29, 0.717) is 21.9 Å². The van der Waals surface area contributed by atoms with E-state index in [0.717, 1.165) is 15.1 Å². The second-order valence-corrected chi connectivity index (χ2v) is 9.23. The summed E-state index contributed by atoms with van der Waals surface area (Å²) >= 11 is 3.27. The molecule has 0 bridgehead atoms. The van der Waals surface area contributed by atoms with Crippen LogP contribution in [0.5, 0.6) is 0 Å². The minimum Gasteiger partial charge on any atom is -0.298 e. The molecular formula is C20H22N2OS2. The number of aromatic nitrogens is 1.